The molecule has 0 unspecified atom stereocenters. The maximum atomic E-state index is 12.3. The van der Waals surface area contributed by atoms with Crippen LogP contribution in [-0.2, 0) is 17.9 Å². The Balaban J connectivity index is 2.05. The van der Waals surface area contributed by atoms with Gasteiger partial charge >= 0.3 is 6.09 Å². The zero-order chi connectivity index (χ0) is 17.4. The zero-order valence-electron chi connectivity index (χ0n) is 13.1. The molecule has 0 aliphatic carbocycles. The number of nitrogens with zero attached hydrogens (tertiary/aromatic N) is 1. The van der Waals surface area contributed by atoms with Crippen molar-refractivity contribution < 1.29 is 19.8 Å². The molecule has 6 heteroatoms. The Morgan fingerprint density at radius 1 is 0.958 bits per heavy atom. The third kappa shape index (κ3) is 4.82. The quantitative estimate of drug-likeness (QED) is 0.723. The van der Waals surface area contributed by atoms with Gasteiger partial charge < -0.3 is 15.5 Å². The molecule has 24 heavy (non-hydrogen) atoms. The third-order valence-electron chi connectivity index (χ3n) is 3.60. The van der Waals surface area contributed by atoms with Crippen molar-refractivity contribution in [1.29, 1.82) is 0 Å². The Hall–Kier alpha value is -2.86. The molecule has 0 aromatic heterocycles. The fourth-order valence-electron chi connectivity index (χ4n) is 2.32. The molecule has 0 saturated carbocycles. The van der Waals surface area contributed by atoms with Crippen molar-refractivity contribution in [3.8, 4) is 0 Å². The molecule has 2 rings (SSSR count). The van der Waals surface area contributed by atoms with E-state index in [0.29, 0.717) is 0 Å². The monoisotopic (exact) mass is 328 g/mol. The molecular weight excluding hydrogens is 308 g/mol. The van der Waals surface area contributed by atoms with Crippen LogP contribution in [0.4, 0.5) is 4.79 Å². The fourth-order valence-corrected chi connectivity index (χ4v) is 2.32. The highest BCUT2D eigenvalue weighted by molar-refractivity contribution is 5.85. The summed E-state index contributed by atoms with van der Waals surface area (Å²) >= 11 is 0. The number of nitrogens with one attached hydrogen (secondary N) is 1. The summed E-state index contributed by atoms with van der Waals surface area (Å²) in [5, 5.41) is 21.6. The summed E-state index contributed by atoms with van der Waals surface area (Å²) in [5.74, 6) is -0.528. The van der Waals surface area contributed by atoms with Gasteiger partial charge in [-0.3, -0.25) is 9.69 Å². The summed E-state index contributed by atoms with van der Waals surface area (Å²) in [6.07, 6.45) is -1.26. The van der Waals surface area contributed by atoms with E-state index in [1.165, 1.54) is 0 Å². The van der Waals surface area contributed by atoms with Gasteiger partial charge in [0.2, 0.25) is 5.91 Å². The highest BCUT2D eigenvalue weighted by Gasteiger charge is 2.29. The number of carboxylic acid groups (broad SMARTS) is 1. The van der Waals surface area contributed by atoms with Crippen molar-refractivity contribution >= 4 is 12.0 Å². The van der Waals surface area contributed by atoms with E-state index < -0.39 is 24.6 Å². The van der Waals surface area contributed by atoms with Gasteiger partial charge in [-0.15, -0.1) is 0 Å². The van der Waals surface area contributed by atoms with Gasteiger partial charge in [-0.1, -0.05) is 60.7 Å². The minimum atomic E-state index is -1.26. The van der Waals surface area contributed by atoms with Crippen LogP contribution in [0, 0.1) is 0 Å². The van der Waals surface area contributed by atoms with Crippen LogP contribution in [0.15, 0.2) is 60.7 Å². The van der Waals surface area contributed by atoms with Crippen molar-refractivity contribution in [2.45, 2.75) is 19.1 Å². The Labute approximate surface area is 140 Å². The van der Waals surface area contributed by atoms with Gasteiger partial charge in [0, 0.05) is 13.1 Å². The van der Waals surface area contributed by atoms with E-state index in [1.54, 1.807) is 24.3 Å². The molecule has 0 heterocycles. The van der Waals surface area contributed by atoms with Crippen LogP contribution in [0.5, 0.6) is 0 Å². The number of benzene rings is 2. The van der Waals surface area contributed by atoms with E-state index in [-0.39, 0.29) is 13.1 Å². The second-order valence-electron chi connectivity index (χ2n) is 5.30. The number of hydrogen-bond acceptors (Lipinski definition) is 3. The number of hydrogen-bond donors (Lipinski definition) is 3. The van der Waals surface area contributed by atoms with Gasteiger partial charge in [0.25, 0.3) is 0 Å². The Morgan fingerprint density at radius 2 is 1.50 bits per heavy atom. The van der Waals surface area contributed by atoms with E-state index in [4.69, 9.17) is 0 Å². The normalized spacial score (nSPS) is 11.5. The maximum Gasteiger partial charge on any atom is 0.408 e. The molecule has 0 saturated heterocycles. The molecule has 0 bridgehead atoms. The minimum Gasteiger partial charge on any atom is -0.465 e. The van der Waals surface area contributed by atoms with Crippen LogP contribution in [0.1, 0.15) is 11.1 Å². The first kappa shape index (κ1) is 17.5. The van der Waals surface area contributed by atoms with E-state index >= 15 is 0 Å². The van der Waals surface area contributed by atoms with Crippen molar-refractivity contribution in [1.82, 2.24) is 10.2 Å². The SMILES string of the molecule is O=C(NCc1ccccc1)[C@@H](CO)N(Cc1ccccc1)C(=O)O. The van der Waals surface area contributed by atoms with Crippen LogP contribution in [0.25, 0.3) is 0 Å². The molecule has 3 N–H and O–H groups in total. The lowest BCUT2D eigenvalue weighted by atomic mass is 10.1. The Morgan fingerprint density at radius 3 is 2.00 bits per heavy atom. The molecule has 0 aliphatic rings. The molecule has 0 aliphatic heterocycles. The molecule has 2 amide bonds. The lowest BCUT2D eigenvalue weighted by Gasteiger charge is -2.27. The highest BCUT2D eigenvalue weighted by Crippen LogP contribution is 2.10. The molecular formula is C18H20N2O4. The van der Waals surface area contributed by atoms with Crippen molar-refractivity contribution in [3.05, 3.63) is 71.8 Å². The number of aliphatic hydroxyl groups excluding tert-OH is 1. The second-order valence-corrected chi connectivity index (χ2v) is 5.30. The summed E-state index contributed by atoms with van der Waals surface area (Å²) in [6, 6.07) is 17.1. The van der Waals surface area contributed by atoms with Gasteiger partial charge in [-0.2, -0.15) is 0 Å². The van der Waals surface area contributed by atoms with Crippen molar-refractivity contribution in [2.24, 2.45) is 0 Å². The smallest absolute Gasteiger partial charge is 0.408 e. The molecule has 6 nitrogen and oxygen atoms in total. The Bertz CT molecular complexity index is 661. The van der Waals surface area contributed by atoms with Crippen molar-refractivity contribution in [2.75, 3.05) is 6.61 Å². The largest absolute Gasteiger partial charge is 0.465 e. The van der Waals surface area contributed by atoms with E-state index in [1.807, 2.05) is 36.4 Å². The predicted octanol–water partition coefficient (Wildman–Crippen LogP) is 1.84. The van der Waals surface area contributed by atoms with E-state index in [2.05, 4.69) is 5.32 Å². The standard InChI is InChI=1S/C18H20N2O4/c21-13-16(17(22)19-11-14-7-3-1-4-8-14)20(18(23)24)12-15-9-5-2-6-10-15/h1-10,16,21H,11-13H2,(H,19,22)(H,23,24)/t16-/m1/s1. The van der Waals surface area contributed by atoms with E-state index in [9.17, 15) is 19.8 Å². The maximum absolute atomic E-state index is 12.3. The number of aliphatic hydroxyl groups is 1. The second kappa shape index (κ2) is 8.69. The summed E-state index contributed by atoms with van der Waals surface area (Å²) in [4.78, 5) is 24.8. The average Bonchev–Trinajstić information content (AvgIpc) is 2.61. The zero-order valence-corrected chi connectivity index (χ0v) is 13.1. The van der Waals surface area contributed by atoms with Crippen LogP contribution in [0.2, 0.25) is 0 Å². The van der Waals surface area contributed by atoms with Crippen LogP contribution in [-0.4, -0.2) is 39.8 Å². The summed E-state index contributed by atoms with van der Waals surface area (Å²) in [7, 11) is 0. The molecule has 126 valence electrons. The molecule has 0 spiro atoms. The van der Waals surface area contributed by atoms with Crippen LogP contribution in [0.3, 0.4) is 0 Å². The lowest BCUT2D eigenvalue weighted by molar-refractivity contribution is -0.127. The fraction of sp³-hybridized carbons (Fsp3) is 0.222. The van der Waals surface area contributed by atoms with E-state index in [0.717, 1.165) is 16.0 Å². The molecule has 2 aromatic carbocycles. The summed E-state index contributed by atoms with van der Waals surface area (Å²) < 4.78 is 0. The lowest BCUT2D eigenvalue weighted by Crippen LogP contribution is -2.50. The Kier molecular flexibility index (Phi) is 6.33. The number of rotatable bonds is 7. The number of carbonyl (C=O) groups is 2. The molecule has 2 aromatic rings. The number of carbonyl (C=O) groups excluding carboxylic acids is 1. The first-order valence-corrected chi connectivity index (χ1v) is 7.58. The first-order chi connectivity index (χ1) is 11.6. The average molecular weight is 328 g/mol. The van der Waals surface area contributed by atoms with Crippen LogP contribution >= 0.6 is 0 Å². The molecule has 0 radical (unpaired) electrons. The summed E-state index contributed by atoms with van der Waals surface area (Å²) in [6.45, 7) is -0.283. The van der Waals surface area contributed by atoms with Gasteiger partial charge in [0.05, 0.1) is 6.61 Å². The van der Waals surface area contributed by atoms with Gasteiger partial charge in [-0.05, 0) is 11.1 Å². The predicted molar refractivity (Wildman–Crippen MR) is 89.2 cm³/mol. The van der Waals surface area contributed by atoms with Gasteiger partial charge in [0.1, 0.15) is 6.04 Å². The topological polar surface area (TPSA) is 89.9 Å². The highest BCUT2D eigenvalue weighted by atomic mass is 16.4. The molecule has 0 fully saturated rings. The first-order valence-electron chi connectivity index (χ1n) is 7.58. The van der Waals surface area contributed by atoms with Gasteiger partial charge in [0.15, 0.2) is 0 Å². The van der Waals surface area contributed by atoms with Crippen LogP contribution < -0.4 is 5.32 Å². The van der Waals surface area contributed by atoms with Gasteiger partial charge in [-0.25, -0.2) is 4.79 Å². The molecule has 1 atom stereocenters. The number of amides is 2. The van der Waals surface area contributed by atoms with Crippen molar-refractivity contribution in [3.63, 3.8) is 0 Å². The third-order valence-corrected chi connectivity index (χ3v) is 3.60. The summed E-state index contributed by atoms with van der Waals surface area (Å²) in [5.41, 5.74) is 1.64. The minimum absolute atomic E-state index is 0.0279.